The van der Waals surface area contributed by atoms with E-state index in [-0.39, 0.29) is 6.42 Å². The lowest BCUT2D eigenvalue weighted by atomic mass is 10.1. The highest BCUT2D eigenvalue weighted by molar-refractivity contribution is 9.10. The van der Waals surface area contributed by atoms with E-state index in [1.165, 1.54) is 5.56 Å². The van der Waals surface area contributed by atoms with Crippen LogP contribution in [-0.2, 0) is 24.7 Å². The van der Waals surface area contributed by atoms with Gasteiger partial charge >= 0.3 is 5.97 Å². The molecule has 0 saturated heterocycles. The number of carboxylic acid groups (broad SMARTS) is 1. The number of aromatic nitrogens is 3. The normalized spacial score (nSPS) is 11.6. The summed E-state index contributed by atoms with van der Waals surface area (Å²) in [5.41, 5.74) is 3.86. The molecule has 104 valence electrons. The third-order valence-electron chi connectivity index (χ3n) is 3.57. The molecule has 0 bridgehead atoms. The summed E-state index contributed by atoms with van der Waals surface area (Å²) in [5.74, 6) is -0.108. The van der Waals surface area contributed by atoms with Crippen molar-refractivity contribution in [3.63, 3.8) is 0 Å². The number of rotatable bonds is 3. The standard InChI is InChI=1S/C14H14BrN3O2/c1-3-8-4-5-10-9(6-8)16-14-17(2)11(7-12(19)20)13(15)18(10)14/h4-6H,3,7H2,1-2H3,(H,19,20). The molecule has 0 unspecified atom stereocenters. The van der Waals surface area contributed by atoms with Crippen molar-refractivity contribution in [2.24, 2.45) is 7.05 Å². The van der Waals surface area contributed by atoms with E-state index in [0.29, 0.717) is 5.69 Å². The predicted molar refractivity (Wildman–Crippen MR) is 80.1 cm³/mol. The molecule has 0 aliphatic carbocycles. The van der Waals surface area contributed by atoms with Gasteiger partial charge in [-0.05, 0) is 40.0 Å². The molecule has 2 heterocycles. The third kappa shape index (κ3) is 1.83. The van der Waals surface area contributed by atoms with E-state index in [1.807, 2.05) is 22.1 Å². The van der Waals surface area contributed by atoms with Crippen LogP contribution in [0.4, 0.5) is 0 Å². The summed E-state index contributed by atoms with van der Waals surface area (Å²) < 4.78 is 4.53. The smallest absolute Gasteiger partial charge is 0.309 e. The van der Waals surface area contributed by atoms with Crippen molar-refractivity contribution in [1.29, 1.82) is 0 Å². The monoisotopic (exact) mass is 335 g/mol. The number of hydrogen-bond donors (Lipinski definition) is 1. The number of carboxylic acids is 1. The minimum Gasteiger partial charge on any atom is -0.481 e. The van der Waals surface area contributed by atoms with Crippen molar-refractivity contribution in [3.8, 4) is 0 Å². The number of nitrogens with zero attached hydrogens (tertiary/aromatic N) is 3. The van der Waals surface area contributed by atoms with Crippen LogP contribution in [0.1, 0.15) is 18.2 Å². The topological polar surface area (TPSA) is 59.5 Å². The first-order chi connectivity index (χ1) is 9.52. The minimum absolute atomic E-state index is 0.0328. The Kier molecular flexibility index (Phi) is 3.05. The third-order valence-corrected chi connectivity index (χ3v) is 4.38. The lowest BCUT2D eigenvalue weighted by molar-refractivity contribution is -0.136. The van der Waals surface area contributed by atoms with E-state index in [1.54, 1.807) is 0 Å². The predicted octanol–water partition coefficient (Wildman–Crippen LogP) is 2.78. The number of fused-ring (bicyclic) bond motifs is 3. The minimum atomic E-state index is -0.855. The molecule has 5 nitrogen and oxygen atoms in total. The molecule has 0 aliphatic rings. The number of hydrogen-bond acceptors (Lipinski definition) is 2. The Hall–Kier alpha value is -1.82. The van der Waals surface area contributed by atoms with Gasteiger partial charge in [0.05, 0.1) is 23.1 Å². The van der Waals surface area contributed by atoms with Crippen molar-refractivity contribution in [3.05, 3.63) is 34.1 Å². The van der Waals surface area contributed by atoms with Crippen LogP contribution in [0.5, 0.6) is 0 Å². The summed E-state index contributed by atoms with van der Waals surface area (Å²) in [7, 11) is 1.84. The summed E-state index contributed by atoms with van der Waals surface area (Å²) in [5, 5.41) is 9.00. The number of halogens is 1. The largest absolute Gasteiger partial charge is 0.481 e. The number of aliphatic carboxylic acids is 1. The maximum Gasteiger partial charge on any atom is 0.309 e. The molecule has 2 aromatic heterocycles. The van der Waals surface area contributed by atoms with E-state index >= 15 is 0 Å². The van der Waals surface area contributed by atoms with Gasteiger partial charge in [-0.15, -0.1) is 0 Å². The molecule has 0 aliphatic heterocycles. The van der Waals surface area contributed by atoms with E-state index < -0.39 is 5.97 Å². The Bertz CT molecular complexity index is 832. The molecular formula is C14H14BrN3O2. The van der Waals surface area contributed by atoms with Gasteiger partial charge in [-0.25, -0.2) is 4.98 Å². The van der Waals surface area contributed by atoms with Gasteiger partial charge in [-0.3, -0.25) is 9.20 Å². The fourth-order valence-corrected chi connectivity index (χ4v) is 3.23. The Labute approximate surface area is 124 Å². The summed E-state index contributed by atoms with van der Waals surface area (Å²) >= 11 is 3.51. The van der Waals surface area contributed by atoms with Gasteiger partial charge in [0.25, 0.3) is 0 Å². The zero-order valence-electron chi connectivity index (χ0n) is 11.2. The first-order valence-corrected chi connectivity index (χ1v) is 7.18. The lowest BCUT2D eigenvalue weighted by Crippen LogP contribution is -2.05. The molecule has 1 aromatic carbocycles. The van der Waals surface area contributed by atoms with E-state index in [4.69, 9.17) is 5.11 Å². The Morgan fingerprint density at radius 1 is 1.45 bits per heavy atom. The van der Waals surface area contributed by atoms with Crippen LogP contribution in [-0.4, -0.2) is 25.0 Å². The quantitative estimate of drug-likeness (QED) is 0.800. The lowest BCUT2D eigenvalue weighted by Gasteiger charge is -2.00. The second-order valence-corrected chi connectivity index (χ2v) is 5.54. The van der Waals surface area contributed by atoms with Crippen molar-refractivity contribution in [1.82, 2.24) is 14.0 Å². The summed E-state index contributed by atoms with van der Waals surface area (Å²) in [6, 6.07) is 6.18. The summed E-state index contributed by atoms with van der Waals surface area (Å²) in [4.78, 5) is 15.6. The molecule has 3 rings (SSSR count). The fourth-order valence-electron chi connectivity index (χ4n) is 2.47. The molecule has 20 heavy (non-hydrogen) atoms. The van der Waals surface area contributed by atoms with Crippen molar-refractivity contribution < 1.29 is 9.90 Å². The summed E-state index contributed by atoms with van der Waals surface area (Å²) in [6.45, 7) is 2.11. The van der Waals surface area contributed by atoms with E-state index in [2.05, 4.69) is 40.0 Å². The van der Waals surface area contributed by atoms with Crippen LogP contribution >= 0.6 is 15.9 Å². The summed E-state index contributed by atoms with van der Waals surface area (Å²) in [6.07, 6.45) is 0.935. The van der Waals surface area contributed by atoms with Crippen molar-refractivity contribution >= 4 is 38.7 Å². The van der Waals surface area contributed by atoms with E-state index in [0.717, 1.165) is 27.8 Å². The molecule has 0 fully saturated rings. The molecule has 0 saturated carbocycles. The van der Waals surface area contributed by atoms with E-state index in [9.17, 15) is 4.79 Å². The van der Waals surface area contributed by atoms with Crippen molar-refractivity contribution in [2.45, 2.75) is 19.8 Å². The maximum absolute atomic E-state index is 11.0. The van der Waals surface area contributed by atoms with Gasteiger partial charge in [-0.2, -0.15) is 0 Å². The average molecular weight is 336 g/mol. The Morgan fingerprint density at radius 2 is 2.20 bits per heavy atom. The van der Waals surface area contributed by atoms with Crippen LogP contribution in [0, 0.1) is 0 Å². The van der Waals surface area contributed by atoms with Gasteiger partial charge in [0.2, 0.25) is 5.78 Å². The molecular weight excluding hydrogens is 322 g/mol. The van der Waals surface area contributed by atoms with Crippen LogP contribution < -0.4 is 0 Å². The Balaban J connectivity index is 2.32. The SMILES string of the molecule is CCc1ccc2c(c1)nc1n(C)c(CC(=O)O)c(Br)n21. The average Bonchev–Trinajstić information content (AvgIpc) is 2.89. The molecule has 0 atom stereocenters. The van der Waals surface area contributed by atoms with Gasteiger partial charge < -0.3 is 9.67 Å². The maximum atomic E-state index is 11.0. The van der Waals surface area contributed by atoms with Crippen LogP contribution in [0.3, 0.4) is 0 Å². The van der Waals surface area contributed by atoms with Gasteiger partial charge in [0.1, 0.15) is 4.60 Å². The molecule has 6 heteroatoms. The highest BCUT2D eigenvalue weighted by atomic mass is 79.9. The number of carbonyl (C=O) groups is 1. The fraction of sp³-hybridized carbons (Fsp3) is 0.286. The number of benzene rings is 1. The highest BCUT2D eigenvalue weighted by Crippen LogP contribution is 2.28. The van der Waals surface area contributed by atoms with Crippen LogP contribution in [0.2, 0.25) is 0 Å². The molecule has 0 spiro atoms. The zero-order valence-corrected chi connectivity index (χ0v) is 12.8. The van der Waals surface area contributed by atoms with Gasteiger partial charge in [-0.1, -0.05) is 13.0 Å². The second-order valence-electron chi connectivity index (χ2n) is 4.79. The van der Waals surface area contributed by atoms with Crippen molar-refractivity contribution in [2.75, 3.05) is 0 Å². The molecule has 3 aromatic rings. The number of aryl methyl sites for hydroxylation is 2. The van der Waals surface area contributed by atoms with Gasteiger partial charge in [0.15, 0.2) is 0 Å². The zero-order chi connectivity index (χ0) is 14.4. The Morgan fingerprint density at radius 3 is 2.85 bits per heavy atom. The first kappa shape index (κ1) is 13.2. The first-order valence-electron chi connectivity index (χ1n) is 6.38. The molecule has 0 amide bonds. The van der Waals surface area contributed by atoms with Crippen LogP contribution in [0.25, 0.3) is 16.8 Å². The molecule has 1 N–H and O–H groups in total. The number of imidazole rings is 2. The van der Waals surface area contributed by atoms with Gasteiger partial charge in [0, 0.05) is 7.05 Å². The second kappa shape index (κ2) is 4.63. The van der Waals surface area contributed by atoms with Crippen LogP contribution in [0.15, 0.2) is 22.8 Å². The highest BCUT2D eigenvalue weighted by Gasteiger charge is 2.19. The molecule has 0 radical (unpaired) electrons.